The van der Waals surface area contributed by atoms with Crippen LogP contribution in [0, 0.1) is 6.92 Å². The number of benzene rings is 3. The normalized spacial score (nSPS) is 17.5. The summed E-state index contributed by atoms with van der Waals surface area (Å²) in [6, 6.07) is 26.2. The lowest BCUT2D eigenvalue weighted by Crippen LogP contribution is -2.48. The molecule has 1 amide bonds. The average molecular weight is 494 g/mol. The summed E-state index contributed by atoms with van der Waals surface area (Å²) in [7, 11) is 0. The van der Waals surface area contributed by atoms with Crippen LogP contribution < -0.4 is 0 Å². The Balaban J connectivity index is 1.31. The smallest absolute Gasteiger partial charge is 0.237 e. The van der Waals surface area contributed by atoms with Crippen LogP contribution in [0.3, 0.4) is 0 Å². The largest absolute Gasteiger partial charge is 0.331 e. The van der Waals surface area contributed by atoms with E-state index in [0.717, 1.165) is 30.8 Å². The number of amides is 1. The number of aryl methyl sites for hydroxylation is 1. The van der Waals surface area contributed by atoms with Crippen LogP contribution in [-0.4, -0.2) is 39.8 Å². The molecule has 2 heterocycles. The summed E-state index contributed by atoms with van der Waals surface area (Å²) >= 11 is 1.63. The molecule has 2 aliphatic rings. The quantitative estimate of drug-likeness (QED) is 0.351. The minimum Gasteiger partial charge on any atom is -0.331 e. The first-order valence-electron chi connectivity index (χ1n) is 12.8. The molecule has 0 saturated carbocycles. The predicted molar refractivity (Wildman–Crippen MR) is 145 cm³/mol. The Kier molecular flexibility index (Phi) is 6.43. The molecule has 36 heavy (non-hydrogen) atoms. The summed E-state index contributed by atoms with van der Waals surface area (Å²) in [5.74, 6) is 0.195. The van der Waals surface area contributed by atoms with Gasteiger partial charge >= 0.3 is 0 Å². The van der Waals surface area contributed by atoms with Crippen molar-refractivity contribution in [3.05, 3.63) is 123 Å². The maximum Gasteiger partial charge on any atom is 0.237 e. The number of carbonyl (C=O) groups is 1. The average Bonchev–Trinajstić information content (AvgIpc) is 3.57. The lowest BCUT2D eigenvalue weighted by Gasteiger charge is -2.39. The lowest BCUT2D eigenvalue weighted by molar-refractivity contribution is -0.135. The molecule has 0 bridgehead atoms. The van der Waals surface area contributed by atoms with Gasteiger partial charge in [0.05, 0.1) is 19.1 Å². The minimum absolute atomic E-state index is 0.0857. The van der Waals surface area contributed by atoms with E-state index in [0.29, 0.717) is 13.1 Å². The zero-order chi connectivity index (χ0) is 24.5. The third kappa shape index (κ3) is 4.49. The first-order valence-corrected chi connectivity index (χ1v) is 13.7. The minimum atomic E-state index is 0.0857. The summed E-state index contributed by atoms with van der Waals surface area (Å²) < 4.78 is 0. The second kappa shape index (κ2) is 10.00. The van der Waals surface area contributed by atoms with Gasteiger partial charge in [-0.3, -0.25) is 9.69 Å². The molecule has 6 rings (SSSR count). The van der Waals surface area contributed by atoms with Crippen LogP contribution in [0.25, 0.3) is 0 Å². The fraction of sp³-hybridized carbons (Fsp3) is 0.290. The number of nitrogens with zero attached hydrogens (tertiary/aromatic N) is 3. The molecule has 4 aromatic rings. The third-order valence-electron chi connectivity index (χ3n) is 7.78. The molecule has 0 N–H and O–H groups in total. The van der Waals surface area contributed by atoms with Crippen molar-refractivity contribution >= 4 is 17.2 Å². The van der Waals surface area contributed by atoms with Crippen molar-refractivity contribution in [2.24, 2.45) is 0 Å². The van der Waals surface area contributed by atoms with Crippen molar-refractivity contribution in [2.45, 2.75) is 44.8 Å². The standard InChI is InChI=1S/C31H31N3OS/c1-22-8-2-6-12-27(22)31-28-13-7-5-9-23(28)14-16-33(31)21-30(35)34(20-29-32-15-17-36-29)26-18-24-10-3-4-11-25(24)19-26/h2-13,15,17,26,31H,14,16,18-21H2,1H3/t31-/m1/s1. The summed E-state index contributed by atoms with van der Waals surface area (Å²) in [4.78, 5) is 23.1. The number of fused-ring (bicyclic) bond motifs is 2. The van der Waals surface area contributed by atoms with E-state index in [1.165, 1.54) is 33.4 Å². The Bertz CT molecular complexity index is 1340. The lowest BCUT2D eigenvalue weighted by atomic mass is 9.86. The molecular formula is C31H31N3OS. The second-order valence-electron chi connectivity index (χ2n) is 9.96. The highest BCUT2D eigenvalue weighted by atomic mass is 32.1. The Labute approximate surface area is 217 Å². The Morgan fingerprint density at radius 3 is 2.31 bits per heavy atom. The van der Waals surface area contributed by atoms with Gasteiger partial charge in [0.25, 0.3) is 0 Å². The van der Waals surface area contributed by atoms with Crippen molar-refractivity contribution in [3.8, 4) is 0 Å². The van der Waals surface area contributed by atoms with Gasteiger partial charge in [-0.15, -0.1) is 11.3 Å². The molecule has 0 radical (unpaired) electrons. The molecule has 0 spiro atoms. The van der Waals surface area contributed by atoms with Crippen LogP contribution in [0.4, 0.5) is 0 Å². The Hall–Kier alpha value is -3.28. The van der Waals surface area contributed by atoms with Crippen LogP contribution in [0.1, 0.15) is 44.4 Å². The zero-order valence-electron chi connectivity index (χ0n) is 20.6. The van der Waals surface area contributed by atoms with Crippen LogP contribution >= 0.6 is 11.3 Å². The van der Waals surface area contributed by atoms with Gasteiger partial charge < -0.3 is 4.90 Å². The van der Waals surface area contributed by atoms with Crippen LogP contribution in [-0.2, 0) is 30.6 Å². The Morgan fingerprint density at radius 2 is 1.61 bits per heavy atom. The van der Waals surface area contributed by atoms with Crippen molar-refractivity contribution in [3.63, 3.8) is 0 Å². The highest BCUT2D eigenvalue weighted by Crippen LogP contribution is 2.37. The molecule has 5 heteroatoms. The molecule has 0 unspecified atom stereocenters. The van der Waals surface area contributed by atoms with Crippen LogP contribution in [0.15, 0.2) is 84.4 Å². The first-order chi connectivity index (χ1) is 17.7. The molecular weight excluding hydrogens is 462 g/mol. The van der Waals surface area contributed by atoms with E-state index >= 15 is 0 Å². The zero-order valence-corrected chi connectivity index (χ0v) is 21.5. The summed E-state index contributed by atoms with van der Waals surface area (Å²) in [6.45, 7) is 4.04. The molecule has 1 aliphatic carbocycles. The van der Waals surface area contributed by atoms with Crippen molar-refractivity contribution in [1.82, 2.24) is 14.8 Å². The molecule has 3 aromatic carbocycles. The van der Waals surface area contributed by atoms with E-state index in [1.54, 1.807) is 11.3 Å². The molecule has 0 saturated heterocycles. The number of hydrogen-bond acceptors (Lipinski definition) is 4. The molecule has 4 nitrogen and oxygen atoms in total. The van der Waals surface area contributed by atoms with Gasteiger partial charge in [-0.1, -0.05) is 72.8 Å². The van der Waals surface area contributed by atoms with E-state index in [-0.39, 0.29) is 18.0 Å². The summed E-state index contributed by atoms with van der Waals surface area (Å²) in [5.41, 5.74) is 8.00. The number of aromatic nitrogens is 1. The molecule has 1 aromatic heterocycles. The maximum absolute atomic E-state index is 14.1. The van der Waals surface area contributed by atoms with Gasteiger partial charge in [0, 0.05) is 24.2 Å². The summed E-state index contributed by atoms with van der Waals surface area (Å²) in [6.07, 6.45) is 4.63. The van der Waals surface area contributed by atoms with Crippen molar-refractivity contribution < 1.29 is 4.79 Å². The predicted octanol–water partition coefficient (Wildman–Crippen LogP) is 5.60. The monoisotopic (exact) mass is 493 g/mol. The van der Waals surface area contributed by atoms with Crippen molar-refractivity contribution in [1.29, 1.82) is 0 Å². The topological polar surface area (TPSA) is 36.4 Å². The van der Waals surface area contributed by atoms with E-state index in [4.69, 9.17) is 0 Å². The van der Waals surface area contributed by atoms with Crippen LogP contribution in [0.2, 0.25) is 0 Å². The summed E-state index contributed by atoms with van der Waals surface area (Å²) in [5, 5.41) is 3.00. The SMILES string of the molecule is Cc1ccccc1[C@@H]1c2ccccc2CCN1CC(=O)N(Cc1nccs1)C1Cc2ccccc2C1. The Morgan fingerprint density at radius 1 is 0.944 bits per heavy atom. The third-order valence-corrected chi connectivity index (χ3v) is 8.55. The van der Waals surface area contributed by atoms with Gasteiger partial charge in [-0.25, -0.2) is 4.98 Å². The molecule has 0 fully saturated rings. The fourth-order valence-corrected chi connectivity index (χ4v) is 6.58. The molecule has 1 atom stereocenters. The van der Waals surface area contributed by atoms with E-state index in [9.17, 15) is 4.79 Å². The second-order valence-corrected chi connectivity index (χ2v) is 10.9. The van der Waals surface area contributed by atoms with Gasteiger partial charge in [0.1, 0.15) is 5.01 Å². The number of thiazole rings is 1. The maximum atomic E-state index is 14.1. The van der Waals surface area contributed by atoms with Crippen molar-refractivity contribution in [2.75, 3.05) is 13.1 Å². The van der Waals surface area contributed by atoms with Gasteiger partial charge in [0.2, 0.25) is 5.91 Å². The number of rotatable bonds is 6. The van der Waals surface area contributed by atoms with Crippen LogP contribution in [0.5, 0.6) is 0 Å². The highest BCUT2D eigenvalue weighted by molar-refractivity contribution is 7.09. The van der Waals surface area contributed by atoms with E-state index < -0.39 is 0 Å². The van der Waals surface area contributed by atoms with Gasteiger partial charge in [0.15, 0.2) is 0 Å². The fourth-order valence-electron chi connectivity index (χ4n) is 5.96. The molecule has 182 valence electrons. The number of hydrogen-bond donors (Lipinski definition) is 0. The van der Waals surface area contributed by atoms with E-state index in [2.05, 4.69) is 94.5 Å². The van der Waals surface area contributed by atoms with E-state index in [1.807, 2.05) is 11.6 Å². The number of carbonyl (C=O) groups excluding carboxylic acids is 1. The molecule has 1 aliphatic heterocycles. The van der Waals surface area contributed by atoms with Gasteiger partial charge in [-0.2, -0.15) is 0 Å². The highest BCUT2D eigenvalue weighted by Gasteiger charge is 2.35. The van der Waals surface area contributed by atoms with Gasteiger partial charge in [-0.05, 0) is 59.6 Å². The first kappa shape index (κ1) is 23.1.